The average Bonchev–Trinajstić information content (AvgIpc) is 2.20. The van der Waals surface area contributed by atoms with Gasteiger partial charge in [-0.1, -0.05) is 0 Å². The standard InChI is InChI=1S/C10H14N2O2S/c1-14-4-5-15-7-2-3-9(11)8(6-7)10(12)13/h2-3,6H,4-5,11H2,1H3,(H2,12,13). The summed E-state index contributed by atoms with van der Waals surface area (Å²) >= 11 is 1.60. The Bertz CT molecular complexity index is 355. The van der Waals surface area contributed by atoms with Crippen molar-refractivity contribution in [1.29, 1.82) is 0 Å². The van der Waals surface area contributed by atoms with E-state index < -0.39 is 5.91 Å². The van der Waals surface area contributed by atoms with Crippen LogP contribution >= 0.6 is 11.8 Å². The summed E-state index contributed by atoms with van der Waals surface area (Å²) in [4.78, 5) is 12.0. The first kappa shape index (κ1) is 11.9. The molecule has 0 aliphatic carbocycles. The van der Waals surface area contributed by atoms with E-state index >= 15 is 0 Å². The Balaban J connectivity index is 2.74. The van der Waals surface area contributed by atoms with Crippen LogP contribution in [0.5, 0.6) is 0 Å². The number of hydrogen-bond acceptors (Lipinski definition) is 4. The van der Waals surface area contributed by atoms with E-state index in [-0.39, 0.29) is 0 Å². The predicted octanol–water partition coefficient (Wildman–Crippen LogP) is 1.11. The molecule has 4 N–H and O–H groups in total. The average molecular weight is 226 g/mol. The molecular formula is C10H14N2O2S. The van der Waals surface area contributed by atoms with Gasteiger partial charge in [0.1, 0.15) is 0 Å². The topological polar surface area (TPSA) is 78.3 Å². The van der Waals surface area contributed by atoms with E-state index in [0.717, 1.165) is 10.6 Å². The number of carbonyl (C=O) groups excluding carboxylic acids is 1. The maximum Gasteiger partial charge on any atom is 0.250 e. The summed E-state index contributed by atoms with van der Waals surface area (Å²) in [5, 5.41) is 0. The van der Waals surface area contributed by atoms with Crippen LogP contribution in [0.15, 0.2) is 23.1 Å². The molecule has 4 nitrogen and oxygen atoms in total. The molecule has 1 rings (SSSR count). The van der Waals surface area contributed by atoms with Gasteiger partial charge < -0.3 is 16.2 Å². The Labute approximate surface area is 93.0 Å². The molecule has 0 aliphatic heterocycles. The van der Waals surface area contributed by atoms with Crippen molar-refractivity contribution in [2.45, 2.75) is 4.90 Å². The number of anilines is 1. The second-order valence-corrected chi connectivity index (χ2v) is 4.12. The third kappa shape index (κ3) is 3.45. The van der Waals surface area contributed by atoms with Gasteiger partial charge in [0.05, 0.1) is 12.2 Å². The number of benzene rings is 1. The van der Waals surface area contributed by atoms with Crippen LogP contribution < -0.4 is 11.5 Å². The summed E-state index contributed by atoms with van der Waals surface area (Å²) in [6.45, 7) is 0.668. The van der Waals surface area contributed by atoms with Crippen molar-refractivity contribution in [2.75, 3.05) is 25.2 Å². The summed E-state index contributed by atoms with van der Waals surface area (Å²) in [5.74, 6) is 0.334. The van der Waals surface area contributed by atoms with Gasteiger partial charge in [0, 0.05) is 23.4 Å². The van der Waals surface area contributed by atoms with Gasteiger partial charge in [0.15, 0.2) is 0 Å². The molecule has 1 aromatic rings. The van der Waals surface area contributed by atoms with E-state index in [0.29, 0.717) is 17.9 Å². The highest BCUT2D eigenvalue weighted by Crippen LogP contribution is 2.22. The van der Waals surface area contributed by atoms with Crippen LogP contribution in [0.2, 0.25) is 0 Å². The van der Waals surface area contributed by atoms with E-state index in [1.54, 1.807) is 31.0 Å². The Morgan fingerprint density at radius 1 is 1.53 bits per heavy atom. The first-order chi connectivity index (χ1) is 7.15. The molecule has 0 aliphatic rings. The van der Waals surface area contributed by atoms with Crippen LogP contribution in [0, 0.1) is 0 Å². The van der Waals surface area contributed by atoms with Gasteiger partial charge in [0.25, 0.3) is 5.91 Å². The van der Waals surface area contributed by atoms with E-state index in [9.17, 15) is 4.79 Å². The molecule has 1 aromatic carbocycles. The summed E-state index contributed by atoms with van der Waals surface area (Å²) < 4.78 is 4.93. The van der Waals surface area contributed by atoms with Crippen molar-refractivity contribution >= 4 is 23.4 Å². The van der Waals surface area contributed by atoms with Gasteiger partial charge in [-0.25, -0.2) is 0 Å². The molecule has 5 heteroatoms. The Hall–Kier alpha value is -1.20. The van der Waals surface area contributed by atoms with Crippen molar-refractivity contribution in [1.82, 2.24) is 0 Å². The minimum absolute atomic E-state index is 0.373. The number of hydrogen-bond donors (Lipinski definition) is 2. The van der Waals surface area contributed by atoms with Crippen molar-refractivity contribution in [3.63, 3.8) is 0 Å². The Morgan fingerprint density at radius 3 is 2.87 bits per heavy atom. The summed E-state index contributed by atoms with van der Waals surface area (Å²) in [6.07, 6.45) is 0. The molecule has 0 saturated carbocycles. The number of methoxy groups -OCH3 is 1. The number of primary amides is 1. The van der Waals surface area contributed by atoms with E-state index in [4.69, 9.17) is 16.2 Å². The molecule has 0 spiro atoms. The molecule has 0 heterocycles. The molecule has 15 heavy (non-hydrogen) atoms. The largest absolute Gasteiger partial charge is 0.398 e. The van der Waals surface area contributed by atoms with E-state index in [1.807, 2.05) is 6.07 Å². The second kappa shape index (κ2) is 5.63. The normalized spacial score (nSPS) is 10.2. The number of carbonyl (C=O) groups is 1. The highest BCUT2D eigenvalue weighted by molar-refractivity contribution is 7.99. The third-order valence-corrected chi connectivity index (χ3v) is 2.80. The van der Waals surface area contributed by atoms with Gasteiger partial charge in [-0.15, -0.1) is 11.8 Å². The van der Waals surface area contributed by atoms with Crippen molar-refractivity contribution < 1.29 is 9.53 Å². The first-order valence-corrected chi connectivity index (χ1v) is 5.44. The van der Waals surface area contributed by atoms with Crippen molar-refractivity contribution in [2.24, 2.45) is 5.73 Å². The highest BCUT2D eigenvalue weighted by Gasteiger charge is 2.06. The quantitative estimate of drug-likeness (QED) is 0.448. The molecule has 0 radical (unpaired) electrons. The predicted molar refractivity (Wildman–Crippen MR) is 62.0 cm³/mol. The van der Waals surface area contributed by atoms with Gasteiger partial charge >= 0.3 is 0 Å². The fourth-order valence-electron chi connectivity index (χ4n) is 1.08. The lowest BCUT2D eigenvalue weighted by Crippen LogP contribution is -2.13. The van der Waals surface area contributed by atoms with Gasteiger partial charge in [-0.3, -0.25) is 4.79 Å². The number of rotatable bonds is 5. The van der Waals surface area contributed by atoms with Crippen molar-refractivity contribution in [3.05, 3.63) is 23.8 Å². The van der Waals surface area contributed by atoms with Crippen LogP contribution in [0.3, 0.4) is 0 Å². The lowest BCUT2D eigenvalue weighted by Gasteiger charge is -2.05. The zero-order valence-electron chi connectivity index (χ0n) is 8.53. The number of amides is 1. The number of nitrogen functional groups attached to an aromatic ring is 1. The van der Waals surface area contributed by atoms with Crippen LogP contribution in [0.1, 0.15) is 10.4 Å². The van der Waals surface area contributed by atoms with Crippen LogP contribution in [0.25, 0.3) is 0 Å². The Morgan fingerprint density at radius 2 is 2.27 bits per heavy atom. The van der Waals surface area contributed by atoms with Crippen LogP contribution in [0.4, 0.5) is 5.69 Å². The molecule has 0 aromatic heterocycles. The fourth-order valence-corrected chi connectivity index (χ4v) is 1.93. The molecule has 82 valence electrons. The fraction of sp³-hybridized carbons (Fsp3) is 0.300. The third-order valence-electron chi connectivity index (χ3n) is 1.85. The number of ether oxygens (including phenoxy) is 1. The summed E-state index contributed by atoms with van der Waals surface area (Å²) in [7, 11) is 1.65. The molecule has 0 atom stereocenters. The van der Waals surface area contributed by atoms with Gasteiger partial charge in [-0.2, -0.15) is 0 Å². The molecule has 1 amide bonds. The minimum atomic E-state index is -0.498. The molecule has 0 fully saturated rings. The molecule has 0 saturated heterocycles. The SMILES string of the molecule is COCCSc1ccc(N)c(C(N)=O)c1. The zero-order chi connectivity index (χ0) is 11.3. The van der Waals surface area contributed by atoms with Gasteiger partial charge in [-0.05, 0) is 18.2 Å². The Kier molecular flexibility index (Phi) is 4.45. The number of thioether (sulfide) groups is 1. The van der Waals surface area contributed by atoms with Crippen molar-refractivity contribution in [3.8, 4) is 0 Å². The maximum absolute atomic E-state index is 11.0. The maximum atomic E-state index is 11.0. The van der Waals surface area contributed by atoms with E-state index in [2.05, 4.69) is 0 Å². The van der Waals surface area contributed by atoms with Crippen LogP contribution in [-0.4, -0.2) is 25.4 Å². The molecule has 0 bridgehead atoms. The highest BCUT2D eigenvalue weighted by atomic mass is 32.2. The lowest BCUT2D eigenvalue weighted by molar-refractivity contribution is 0.100. The van der Waals surface area contributed by atoms with E-state index in [1.165, 1.54) is 0 Å². The second-order valence-electron chi connectivity index (χ2n) is 2.95. The monoisotopic (exact) mass is 226 g/mol. The first-order valence-electron chi connectivity index (χ1n) is 4.46. The zero-order valence-corrected chi connectivity index (χ0v) is 9.34. The molecule has 0 unspecified atom stereocenters. The summed E-state index contributed by atoms with van der Waals surface area (Å²) in [5.41, 5.74) is 11.6. The van der Waals surface area contributed by atoms with Crippen LogP contribution in [-0.2, 0) is 4.74 Å². The molecular weight excluding hydrogens is 212 g/mol. The lowest BCUT2D eigenvalue weighted by atomic mass is 10.2. The minimum Gasteiger partial charge on any atom is -0.398 e. The van der Waals surface area contributed by atoms with Gasteiger partial charge in [0.2, 0.25) is 0 Å². The smallest absolute Gasteiger partial charge is 0.250 e. The number of nitrogens with two attached hydrogens (primary N) is 2. The summed E-state index contributed by atoms with van der Waals surface area (Å²) in [6, 6.07) is 5.26.